The summed E-state index contributed by atoms with van der Waals surface area (Å²) in [5, 5.41) is 3.74. The van der Waals surface area contributed by atoms with Crippen LogP contribution in [0.3, 0.4) is 0 Å². The lowest BCUT2D eigenvalue weighted by Gasteiger charge is -2.33. The number of rotatable bonds is 4. The van der Waals surface area contributed by atoms with Crippen molar-refractivity contribution in [1.29, 1.82) is 0 Å². The van der Waals surface area contributed by atoms with Crippen molar-refractivity contribution in [2.75, 3.05) is 44.1 Å². The Balaban J connectivity index is 2.33. The van der Waals surface area contributed by atoms with E-state index < -0.39 is 0 Å². The maximum absolute atomic E-state index is 11.9. The van der Waals surface area contributed by atoms with Crippen molar-refractivity contribution in [3.05, 3.63) is 4.88 Å². The molecule has 0 radical (unpaired) electrons. The fraction of sp³-hybridized carbons (Fsp3) is 0.615. The largest absolute Gasteiger partial charge is 0.396 e. The number of amides is 1. The van der Waals surface area contributed by atoms with Gasteiger partial charge in [-0.25, -0.2) is 0 Å². The van der Waals surface area contributed by atoms with Crippen molar-refractivity contribution in [1.82, 2.24) is 5.32 Å². The number of hydrogen-bond acceptors (Lipinski definition) is 6. The minimum absolute atomic E-state index is 0.116. The molecule has 0 saturated carbocycles. The number of anilines is 2. The number of piperidine rings is 1. The number of nitrogen functional groups attached to an aromatic ring is 1. The normalized spacial score (nSPS) is 19.1. The first-order chi connectivity index (χ1) is 9.62. The van der Waals surface area contributed by atoms with Crippen LogP contribution in [0.5, 0.6) is 0 Å². The van der Waals surface area contributed by atoms with E-state index in [9.17, 15) is 4.79 Å². The Morgan fingerprint density at radius 2 is 2.35 bits per heavy atom. The summed E-state index contributed by atoms with van der Waals surface area (Å²) in [5.41, 5.74) is 6.73. The Labute approximate surface area is 127 Å². The van der Waals surface area contributed by atoms with Crippen molar-refractivity contribution in [3.63, 3.8) is 0 Å². The van der Waals surface area contributed by atoms with Crippen LogP contribution in [0.4, 0.5) is 10.7 Å². The monoisotopic (exact) mass is 315 g/mol. The number of thioether (sulfide) groups is 1. The highest BCUT2D eigenvalue weighted by Gasteiger charge is 2.27. The highest BCUT2D eigenvalue weighted by atomic mass is 32.2. The zero-order chi connectivity index (χ0) is 14.7. The van der Waals surface area contributed by atoms with E-state index in [2.05, 4.69) is 10.2 Å². The van der Waals surface area contributed by atoms with Gasteiger partial charge in [0.1, 0.15) is 9.88 Å². The highest BCUT2D eigenvalue weighted by Crippen LogP contribution is 2.44. The Morgan fingerprint density at radius 1 is 1.60 bits per heavy atom. The Hall–Kier alpha value is -0.920. The predicted molar refractivity (Wildman–Crippen MR) is 86.1 cm³/mol. The SMILES string of the molecule is CNC(=O)c1sc(N2CCCC(OC)C2)c(SC)c1N. The fourth-order valence-electron chi connectivity index (χ4n) is 2.42. The summed E-state index contributed by atoms with van der Waals surface area (Å²) in [4.78, 5) is 15.8. The first-order valence-electron chi connectivity index (χ1n) is 6.58. The van der Waals surface area contributed by atoms with Crippen molar-refractivity contribution < 1.29 is 9.53 Å². The zero-order valence-electron chi connectivity index (χ0n) is 12.1. The molecular weight excluding hydrogens is 294 g/mol. The molecule has 20 heavy (non-hydrogen) atoms. The van der Waals surface area contributed by atoms with Crippen LogP contribution in [-0.4, -0.2) is 45.5 Å². The van der Waals surface area contributed by atoms with Gasteiger partial charge in [0.15, 0.2) is 0 Å². The number of thiophene rings is 1. The molecule has 112 valence electrons. The molecule has 0 spiro atoms. The van der Waals surface area contributed by atoms with Crippen molar-refractivity contribution >= 4 is 39.7 Å². The summed E-state index contributed by atoms with van der Waals surface area (Å²) in [5.74, 6) is -0.116. The van der Waals surface area contributed by atoms with E-state index in [1.807, 2.05) is 6.26 Å². The lowest BCUT2D eigenvalue weighted by molar-refractivity contribution is 0.0894. The maximum Gasteiger partial charge on any atom is 0.263 e. The Kier molecular flexibility index (Phi) is 5.17. The second kappa shape index (κ2) is 6.69. The van der Waals surface area contributed by atoms with Gasteiger partial charge < -0.3 is 20.7 Å². The number of nitrogens with two attached hydrogens (primary N) is 1. The standard InChI is InChI=1S/C13H21N3O2S2/c1-15-12(17)10-9(14)11(19-3)13(20-10)16-6-4-5-8(7-16)18-2/h8H,4-7,14H2,1-3H3,(H,15,17). The van der Waals surface area contributed by atoms with Crippen molar-refractivity contribution in [2.45, 2.75) is 23.8 Å². The predicted octanol–water partition coefficient (Wildman–Crippen LogP) is 2.03. The summed E-state index contributed by atoms with van der Waals surface area (Å²) in [6.45, 7) is 1.84. The van der Waals surface area contributed by atoms with Gasteiger partial charge in [-0.3, -0.25) is 4.79 Å². The van der Waals surface area contributed by atoms with Gasteiger partial charge >= 0.3 is 0 Å². The average molecular weight is 315 g/mol. The van der Waals surface area contributed by atoms with Crippen LogP contribution < -0.4 is 16.0 Å². The molecular formula is C13H21N3O2S2. The van der Waals surface area contributed by atoms with Crippen LogP contribution in [0.2, 0.25) is 0 Å². The van der Waals surface area contributed by atoms with Crippen LogP contribution >= 0.6 is 23.1 Å². The number of methoxy groups -OCH3 is 1. The second-order valence-corrected chi connectivity index (χ2v) is 6.52. The van der Waals surface area contributed by atoms with E-state index in [1.165, 1.54) is 11.3 Å². The molecule has 7 heteroatoms. The molecule has 1 saturated heterocycles. The molecule has 2 rings (SSSR count). The van der Waals surface area contributed by atoms with Gasteiger partial charge in [0, 0.05) is 27.2 Å². The molecule has 1 amide bonds. The molecule has 1 aliphatic heterocycles. The molecule has 1 aliphatic rings. The first kappa shape index (κ1) is 15.5. The van der Waals surface area contributed by atoms with Crippen molar-refractivity contribution in [2.24, 2.45) is 0 Å². The molecule has 1 fully saturated rings. The van der Waals surface area contributed by atoms with Gasteiger partial charge in [-0.1, -0.05) is 0 Å². The second-order valence-electron chi connectivity index (χ2n) is 4.71. The summed E-state index contributed by atoms with van der Waals surface area (Å²) in [6.07, 6.45) is 4.43. The summed E-state index contributed by atoms with van der Waals surface area (Å²) < 4.78 is 5.47. The van der Waals surface area contributed by atoms with Gasteiger partial charge in [0.05, 0.1) is 16.7 Å². The van der Waals surface area contributed by atoms with Crippen LogP contribution in [0.1, 0.15) is 22.5 Å². The van der Waals surface area contributed by atoms with Gasteiger partial charge in [0.25, 0.3) is 5.91 Å². The minimum atomic E-state index is -0.116. The number of nitrogens with one attached hydrogen (secondary N) is 1. The van der Waals surface area contributed by atoms with E-state index in [0.29, 0.717) is 10.6 Å². The Morgan fingerprint density at radius 3 is 2.95 bits per heavy atom. The Bertz CT molecular complexity index is 490. The summed E-state index contributed by atoms with van der Waals surface area (Å²) >= 11 is 3.07. The third kappa shape index (κ3) is 2.89. The summed E-state index contributed by atoms with van der Waals surface area (Å²) in [6, 6.07) is 0. The van der Waals surface area contributed by atoms with Gasteiger partial charge in [-0.05, 0) is 19.1 Å². The molecule has 1 unspecified atom stereocenters. The molecule has 1 aromatic heterocycles. The van der Waals surface area contributed by atoms with Crippen LogP contribution in [-0.2, 0) is 4.74 Å². The van der Waals surface area contributed by atoms with E-state index >= 15 is 0 Å². The van der Waals surface area contributed by atoms with Gasteiger partial charge in [-0.2, -0.15) is 0 Å². The van der Waals surface area contributed by atoms with Crippen LogP contribution in [0, 0.1) is 0 Å². The quantitative estimate of drug-likeness (QED) is 0.832. The molecule has 5 nitrogen and oxygen atoms in total. The lowest BCUT2D eigenvalue weighted by atomic mass is 10.1. The molecule has 2 heterocycles. The van der Waals surface area contributed by atoms with Crippen LogP contribution in [0.15, 0.2) is 4.90 Å². The van der Waals surface area contributed by atoms with Crippen molar-refractivity contribution in [3.8, 4) is 0 Å². The number of carbonyl (C=O) groups excluding carboxylic acids is 1. The number of nitrogens with zero attached hydrogens (tertiary/aromatic N) is 1. The molecule has 1 aromatic rings. The average Bonchev–Trinajstić information content (AvgIpc) is 2.83. The smallest absolute Gasteiger partial charge is 0.263 e. The molecule has 1 atom stereocenters. The zero-order valence-corrected chi connectivity index (χ0v) is 13.7. The van der Waals surface area contributed by atoms with E-state index in [1.54, 1.807) is 25.9 Å². The highest BCUT2D eigenvalue weighted by molar-refractivity contribution is 7.99. The number of ether oxygens (including phenoxy) is 1. The molecule has 0 bridgehead atoms. The first-order valence-corrected chi connectivity index (χ1v) is 8.62. The third-order valence-electron chi connectivity index (χ3n) is 3.52. The number of carbonyl (C=O) groups is 1. The van der Waals surface area contributed by atoms with Gasteiger partial charge in [0.2, 0.25) is 0 Å². The minimum Gasteiger partial charge on any atom is -0.396 e. The lowest BCUT2D eigenvalue weighted by Crippen LogP contribution is -2.39. The van der Waals surface area contributed by atoms with Crippen LogP contribution in [0.25, 0.3) is 0 Å². The van der Waals surface area contributed by atoms with E-state index in [4.69, 9.17) is 10.5 Å². The molecule has 0 aromatic carbocycles. The van der Waals surface area contributed by atoms with E-state index in [0.717, 1.165) is 35.8 Å². The topological polar surface area (TPSA) is 67.6 Å². The van der Waals surface area contributed by atoms with E-state index in [-0.39, 0.29) is 12.0 Å². The van der Waals surface area contributed by atoms with Gasteiger partial charge in [-0.15, -0.1) is 23.1 Å². The molecule has 3 N–H and O–H groups in total. The maximum atomic E-state index is 11.9. The fourth-order valence-corrected chi connectivity index (χ4v) is 4.58. The number of hydrogen-bond donors (Lipinski definition) is 2. The summed E-state index contributed by atoms with van der Waals surface area (Å²) in [7, 11) is 3.38. The molecule has 0 aliphatic carbocycles. The third-order valence-corrected chi connectivity index (χ3v) is 5.73.